The van der Waals surface area contributed by atoms with Crippen LogP contribution < -0.4 is 0 Å². The molecule has 0 N–H and O–H groups in total. The van der Waals surface area contributed by atoms with Crippen LogP contribution in [0.4, 0.5) is 0 Å². The van der Waals surface area contributed by atoms with E-state index in [1.165, 1.54) is 0 Å². The molecule has 1 aromatic rings. The molecule has 0 spiro atoms. The molecule has 20 heavy (non-hydrogen) atoms. The van der Waals surface area contributed by atoms with E-state index in [9.17, 15) is 4.79 Å². The number of benzene rings is 1. The standard InChI is InChI=1S/C17H21ClO2/c1-4-6-7-8-15(17(19)20-5-2)16(18)14-11-9-13(3)10-12-14/h4,9-12H,1,5-8H2,2-3H3/b16-15-. The summed E-state index contributed by atoms with van der Waals surface area (Å²) in [7, 11) is 0. The first-order valence-corrected chi connectivity index (χ1v) is 7.21. The van der Waals surface area contributed by atoms with Gasteiger partial charge in [0.1, 0.15) is 0 Å². The number of hydrogen-bond donors (Lipinski definition) is 0. The zero-order valence-corrected chi connectivity index (χ0v) is 12.9. The van der Waals surface area contributed by atoms with E-state index < -0.39 is 0 Å². The predicted molar refractivity (Wildman–Crippen MR) is 84.6 cm³/mol. The van der Waals surface area contributed by atoms with Gasteiger partial charge in [0.15, 0.2) is 0 Å². The molecule has 0 radical (unpaired) electrons. The Morgan fingerprint density at radius 3 is 2.55 bits per heavy atom. The topological polar surface area (TPSA) is 26.3 Å². The number of hydrogen-bond acceptors (Lipinski definition) is 2. The molecule has 2 nitrogen and oxygen atoms in total. The largest absolute Gasteiger partial charge is 0.463 e. The van der Waals surface area contributed by atoms with Gasteiger partial charge in [-0.1, -0.05) is 47.5 Å². The highest BCUT2D eigenvalue weighted by Crippen LogP contribution is 2.27. The molecular formula is C17H21ClO2. The molecule has 0 amide bonds. The fraction of sp³-hybridized carbons (Fsp3) is 0.353. The summed E-state index contributed by atoms with van der Waals surface area (Å²) in [5, 5.41) is 0.479. The Hall–Kier alpha value is -1.54. The Morgan fingerprint density at radius 2 is 2.00 bits per heavy atom. The molecule has 3 heteroatoms. The van der Waals surface area contributed by atoms with E-state index in [0.29, 0.717) is 23.6 Å². The molecular weight excluding hydrogens is 272 g/mol. The van der Waals surface area contributed by atoms with Gasteiger partial charge in [0.05, 0.1) is 17.2 Å². The minimum atomic E-state index is -0.331. The smallest absolute Gasteiger partial charge is 0.335 e. The second-order valence-electron chi connectivity index (χ2n) is 4.56. The Balaban J connectivity index is 3.03. The van der Waals surface area contributed by atoms with Gasteiger partial charge in [0.2, 0.25) is 0 Å². The molecule has 1 aromatic carbocycles. The van der Waals surface area contributed by atoms with Gasteiger partial charge in [-0.2, -0.15) is 0 Å². The summed E-state index contributed by atoms with van der Waals surface area (Å²) in [5.41, 5.74) is 2.54. The van der Waals surface area contributed by atoms with Gasteiger partial charge in [0, 0.05) is 0 Å². The molecule has 0 heterocycles. The first kappa shape index (κ1) is 16.5. The third kappa shape index (κ3) is 4.86. The predicted octanol–water partition coefficient (Wildman–Crippen LogP) is 4.86. The lowest BCUT2D eigenvalue weighted by molar-refractivity contribution is -0.138. The second-order valence-corrected chi connectivity index (χ2v) is 4.94. The number of allylic oxidation sites excluding steroid dienone is 1. The number of carbonyl (C=O) groups is 1. The van der Waals surface area contributed by atoms with Crippen LogP contribution in [0.2, 0.25) is 0 Å². The molecule has 108 valence electrons. The van der Waals surface area contributed by atoms with E-state index in [1.807, 2.05) is 37.3 Å². The van der Waals surface area contributed by atoms with E-state index in [2.05, 4.69) is 6.58 Å². The molecule has 0 aliphatic carbocycles. The van der Waals surface area contributed by atoms with Gasteiger partial charge in [-0.25, -0.2) is 4.79 Å². The lowest BCUT2D eigenvalue weighted by Gasteiger charge is -2.10. The third-order valence-corrected chi connectivity index (χ3v) is 3.37. The fourth-order valence-electron chi connectivity index (χ4n) is 1.82. The van der Waals surface area contributed by atoms with Crippen LogP contribution in [0.5, 0.6) is 0 Å². The quantitative estimate of drug-likeness (QED) is 0.310. The van der Waals surface area contributed by atoms with Gasteiger partial charge in [-0.15, -0.1) is 6.58 Å². The number of rotatable bonds is 7. The Morgan fingerprint density at radius 1 is 1.35 bits per heavy atom. The highest BCUT2D eigenvalue weighted by molar-refractivity contribution is 6.50. The summed E-state index contributed by atoms with van der Waals surface area (Å²) < 4.78 is 5.09. The normalized spacial score (nSPS) is 11.8. The van der Waals surface area contributed by atoms with Gasteiger partial charge in [-0.3, -0.25) is 0 Å². The molecule has 0 aliphatic rings. The summed E-state index contributed by atoms with van der Waals surface area (Å²) in [5.74, 6) is -0.331. The van der Waals surface area contributed by atoms with E-state index in [1.54, 1.807) is 6.92 Å². The Labute approximate surface area is 126 Å². The van der Waals surface area contributed by atoms with Crippen molar-refractivity contribution in [3.63, 3.8) is 0 Å². The maximum absolute atomic E-state index is 12.0. The van der Waals surface area contributed by atoms with Crippen molar-refractivity contribution in [1.29, 1.82) is 0 Å². The van der Waals surface area contributed by atoms with Gasteiger partial charge in [0.25, 0.3) is 0 Å². The van der Waals surface area contributed by atoms with Crippen molar-refractivity contribution >= 4 is 22.6 Å². The summed E-state index contributed by atoms with van der Waals surface area (Å²) in [4.78, 5) is 12.0. The number of halogens is 1. The maximum Gasteiger partial charge on any atom is 0.335 e. The van der Waals surface area contributed by atoms with Gasteiger partial charge >= 0.3 is 5.97 Å². The molecule has 0 saturated carbocycles. The molecule has 0 fully saturated rings. The van der Waals surface area contributed by atoms with Crippen LogP contribution in [0.15, 0.2) is 42.5 Å². The number of ether oxygens (including phenoxy) is 1. The minimum absolute atomic E-state index is 0.331. The lowest BCUT2D eigenvalue weighted by atomic mass is 10.0. The van der Waals surface area contributed by atoms with Crippen molar-refractivity contribution in [3.05, 3.63) is 53.6 Å². The fourth-order valence-corrected chi connectivity index (χ4v) is 2.11. The van der Waals surface area contributed by atoms with E-state index in [4.69, 9.17) is 16.3 Å². The molecule has 0 aliphatic heterocycles. The first-order valence-electron chi connectivity index (χ1n) is 6.83. The minimum Gasteiger partial charge on any atom is -0.463 e. The van der Waals surface area contributed by atoms with Crippen molar-refractivity contribution in [2.24, 2.45) is 0 Å². The van der Waals surface area contributed by atoms with Crippen molar-refractivity contribution in [1.82, 2.24) is 0 Å². The van der Waals surface area contributed by atoms with E-state index in [-0.39, 0.29) is 5.97 Å². The Kier molecular flexibility index (Phi) is 7.10. The number of carbonyl (C=O) groups excluding carboxylic acids is 1. The second kappa shape index (κ2) is 8.60. The molecule has 0 atom stereocenters. The third-order valence-electron chi connectivity index (χ3n) is 2.93. The van der Waals surface area contributed by atoms with Crippen LogP contribution >= 0.6 is 11.6 Å². The van der Waals surface area contributed by atoms with Crippen molar-refractivity contribution < 1.29 is 9.53 Å². The molecule has 0 bridgehead atoms. The van der Waals surface area contributed by atoms with Crippen molar-refractivity contribution in [3.8, 4) is 0 Å². The summed E-state index contributed by atoms with van der Waals surface area (Å²) >= 11 is 6.39. The van der Waals surface area contributed by atoms with E-state index in [0.717, 1.165) is 24.0 Å². The summed E-state index contributed by atoms with van der Waals surface area (Å²) in [6, 6.07) is 7.79. The number of esters is 1. The average Bonchev–Trinajstić information content (AvgIpc) is 2.44. The zero-order valence-electron chi connectivity index (χ0n) is 12.1. The van der Waals surface area contributed by atoms with Crippen LogP contribution in [0.1, 0.15) is 37.3 Å². The van der Waals surface area contributed by atoms with Gasteiger partial charge in [-0.05, 0) is 38.7 Å². The van der Waals surface area contributed by atoms with Crippen molar-refractivity contribution in [2.45, 2.75) is 33.1 Å². The SMILES string of the molecule is C=CCCC/C(C(=O)OCC)=C(/Cl)c1ccc(C)cc1. The van der Waals surface area contributed by atoms with E-state index >= 15 is 0 Å². The summed E-state index contributed by atoms with van der Waals surface area (Å²) in [6.45, 7) is 7.84. The molecule has 0 aromatic heterocycles. The van der Waals surface area contributed by atoms with Crippen LogP contribution in [0, 0.1) is 6.92 Å². The molecule has 0 unspecified atom stereocenters. The number of aryl methyl sites for hydroxylation is 1. The lowest BCUT2D eigenvalue weighted by Crippen LogP contribution is -2.09. The zero-order chi connectivity index (χ0) is 15.0. The van der Waals surface area contributed by atoms with Crippen LogP contribution in [0.25, 0.3) is 5.03 Å². The van der Waals surface area contributed by atoms with Crippen LogP contribution in [-0.4, -0.2) is 12.6 Å². The van der Waals surface area contributed by atoms with Crippen molar-refractivity contribution in [2.75, 3.05) is 6.61 Å². The molecule has 1 rings (SSSR count). The Bertz CT molecular complexity index is 486. The van der Waals surface area contributed by atoms with Crippen LogP contribution in [0.3, 0.4) is 0 Å². The highest BCUT2D eigenvalue weighted by Gasteiger charge is 2.16. The highest BCUT2D eigenvalue weighted by atomic mass is 35.5. The monoisotopic (exact) mass is 292 g/mol. The van der Waals surface area contributed by atoms with Crippen LogP contribution in [-0.2, 0) is 9.53 Å². The first-order chi connectivity index (χ1) is 9.60. The maximum atomic E-state index is 12.0. The average molecular weight is 293 g/mol. The number of unbranched alkanes of at least 4 members (excludes halogenated alkanes) is 1. The van der Waals surface area contributed by atoms with Gasteiger partial charge < -0.3 is 4.74 Å². The molecule has 0 saturated heterocycles. The summed E-state index contributed by atoms with van der Waals surface area (Å²) in [6.07, 6.45) is 4.11.